The molecule has 88 valence electrons. The molecule has 2 rings (SSSR count). The molecular weight excluding hydrogens is 200 g/mol. The number of esters is 1. The zero-order valence-electron chi connectivity index (χ0n) is 10.3. The Balaban J connectivity index is 0.000000606. The van der Waals surface area contributed by atoms with Gasteiger partial charge in [0, 0.05) is 0 Å². The van der Waals surface area contributed by atoms with Crippen LogP contribution >= 0.6 is 0 Å². The molecule has 1 aromatic rings. The van der Waals surface area contributed by atoms with Gasteiger partial charge in [0.1, 0.15) is 0 Å². The van der Waals surface area contributed by atoms with E-state index in [0.29, 0.717) is 12.5 Å². The van der Waals surface area contributed by atoms with Crippen LogP contribution in [0.1, 0.15) is 38.7 Å². The number of rotatable bonds is 3. The Hall–Kier alpha value is -1.31. The zero-order chi connectivity index (χ0) is 12.0. The minimum atomic E-state index is -0.0404. The molecule has 0 aliphatic heterocycles. The van der Waals surface area contributed by atoms with Gasteiger partial charge in [-0.2, -0.15) is 0 Å². The van der Waals surface area contributed by atoms with E-state index in [0.717, 1.165) is 6.42 Å². The maximum atomic E-state index is 11.4. The summed E-state index contributed by atoms with van der Waals surface area (Å²) >= 11 is 0. The molecule has 0 amide bonds. The first-order valence-electron chi connectivity index (χ1n) is 6.04. The Labute approximate surface area is 97.6 Å². The molecule has 1 fully saturated rings. The molecule has 0 aromatic heterocycles. The summed E-state index contributed by atoms with van der Waals surface area (Å²) in [5.74, 6) is 0.467. The molecule has 1 aliphatic rings. The van der Waals surface area contributed by atoms with Crippen LogP contribution in [0, 0.1) is 5.92 Å². The Bertz CT molecular complexity index is 319. The second-order valence-corrected chi connectivity index (χ2v) is 3.61. The van der Waals surface area contributed by atoms with Gasteiger partial charge in [-0.05, 0) is 24.8 Å². The van der Waals surface area contributed by atoms with Gasteiger partial charge in [0.15, 0.2) is 0 Å². The largest absolute Gasteiger partial charge is 0.466 e. The SMILES string of the molecule is CC.CCOC(=O)C1CC1c1ccccc1. The topological polar surface area (TPSA) is 26.3 Å². The van der Waals surface area contributed by atoms with Crippen molar-refractivity contribution >= 4 is 5.97 Å². The third-order valence-corrected chi connectivity index (χ3v) is 2.61. The van der Waals surface area contributed by atoms with Crippen molar-refractivity contribution in [1.82, 2.24) is 0 Å². The maximum absolute atomic E-state index is 11.4. The number of hydrogen-bond donors (Lipinski definition) is 0. The van der Waals surface area contributed by atoms with Gasteiger partial charge >= 0.3 is 5.97 Å². The third-order valence-electron chi connectivity index (χ3n) is 2.61. The van der Waals surface area contributed by atoms with E-state index in [2.05, 4.69) is 12.1 Å². The molecule has 1 aromatic carbocycles. The van der Waals surface area contributed by atoms with Gasteiger partial charge in [-0.15, -0.1) is 0 Å². The fourth-order valence-corrected chi connectivity index (χ4v) is 1.77. The van der Waals surface area contributed by atoms with Crippen molar-refractivity contribution in [2.45, 2.75) is 33.1 Å². The van der Waals surface area contributed by atoms with Gasteiger partial charge in [-0.25, -0.2) is 0 Å². The molecule has 16 heavy (non-hydrogen) atoms. The standard InChI is InChI=1S/C12H14O2.C2H6/c1-2-14-12(13)11-8-10(11)9-6-4-3-5-7-9;1-2/h3-7,10-11H,2,8H2,1H3;1-2H3. The highest BCUT2D eigenvalue weighted by molar-refractivity contribution is 5.77. The van der Waals surface area contributed by atoms with Crippen LogP contribution in [0.15, 0.2) is 30.3 Å². The van der Waals surface area contributed by atoms with Crippen molar-refractivity contribution in [3.05, 3.63) is 35.9 Å². The fourth-order valence-electron chi connectivity index (χ4n) is 1.77. The second-order valence-electron chi connectivity index (χ2n) is 3.61. The molecule has 0 saturated heterocycles. The van der Waals surface area contributed by atoms with Gasteiger partial charge in [-0.3, -0.25) is 4.79 Å². The van der Waals surface area contributed by atoms with Crippen molar-refractivity contribution in [2.24, 2.45) is 5.92 Å². The van der Waals surface area contributed by atoms with Crippen LogP contribution < -0.4 is 0 Å². The van der Waals surface area contributed by atoms with E-state index in [4.69, 9.17) is 4.74 Å². The van der Waals surface area contributed by atoms with Crippen LogP contribution in [0.25, 0.3) is 0 Å². The molecule has 0 spiro atoms. The van der Waals surface area contributed by atoms with E-state index in [1.54, 1.807) is 0 Å². The van der Waals surface area contributed by atoms with Crippen LogP contribution in [0.3, 0.4) is 0 Å². The highest BCUT2D eigenvalue weighted by Crippen LogP contribution is 2.47. The number of hydrogen-bond acceptors (Lipinski definition) is 2. The first-order chi connectivity index (χ1) is 7.83. The average molecular weight is 220 g/mol. The van der Waals surface area contributed by atoms with Gasteiger partial charge in [0.25, 0.3) is 0 Å². The predicted octanol–water partition coefficient (Wildman–Crippen LogP) is 3.38. The van der Waals surface area contributed by atoms with E-state index in [-0.39, 0.29) is 11.9 Å². The first kappa shape index (κ1) is 12.8. The molecule has 0 heterocycles. The lowest BCUT2D eigenvalue weighted by Crippen LogP contribution is -2.07. The molecule has 2 atom stereocenters. The fraction of sp³-hybridized carbons (Fsp3) is 0.500. The smallest absolute Gasteiger partial charge is 0.309 e. The lowest BCUT2D eigenvalue weighted by Gasteiger charge is -2.00. The van der Waals surface area contributed by atoms with Crippen LogP contribution in [-0.2, 0) is 9.53 Å². The van der Waals surface area contributed by atoms with E-state index in [1.165, 1.54) is 5.56 Å². The molecule has 2 nitrogen and oxygen atoms in total. The van der Waals surface area contributed by atoms with Gasteiger partial charge in [0.05, 0.1) is 12.5 Å². The molecule has 0 radical (unpaired) electrons. The molecule has 0 bridgehead atoms. The quantitative estimate of drug-likeness (QED) is 0.730. The van der Waals surface area contributed by atoms with Crippen molar-refractivity contribution < 1.29 is 9.53 Å². The summed E-state index contributed by atoms with van der Waals surface area (Å²) in [6.45, 7) is 6.33. The molecule has 1 aliphatic carbocycles. The Morgan fingerprint density at radius 3 is 2.50 bits per heavy atom. The van der Waals surface area contributed by atoms with E-state index in [9.17, 15) is 4.79 Å². The average Bonchev–Trinajstić information content (AvgIpc) is 3.13. The minimum absolute atomic E-state index is 0.0404. The second kappa shape index (κ2) is 6.31. The molecule has 1 saturated carbocycles. The summed E-state index contributed by atoms with van der Waals surface area (Å²) in [4.78, 5) is 11.4. The van der Waals surface area contributed by atoms with Gasteiger partial charge < -0.3 is 4.74 Å². The predicted molar refractivity (Wildman–Crippen MR) is 65.3 cm³/mol. The highest BCUT2D eigenvalue weighted by Gasteiger charge is 2.44. The number of ether oxygens (including phenoxy) is 1. The summed E-state index contributed by atoms with van der Waals surface area (Å²) in [6.07, 6.45) is 0.947. The van der Waals surface area contributed by atoms with Crippen LogP contribution in [0.2, 0.25) is 0 Å². The third kappa shape index (κ3) is 3.09. The Kier molecular flexibility index (Phi) is 5.03. The summed E-state index contributed by atoms with van der Waals surface area (Å²) in [5, 5.41) is 0. The van der Waals surface area contributed by atoms with Crippen LogP contribution in [-0.4, -0.2) is 12.6 Å². The van der Waals surface area contributed by atoms with Gasteiger partial charge in [0.2, 0.25) is 0 Å². The van der Waals surface area contributed by atoms with Crippen molar-refractivity contribution in [1.29, 1.82) is 0 Å². The number of benzene rings is 1. The minimum Gasteiger partial charge on any atom is -0.466 e. The molecule has 0 N–H and O–H groups in total. The molecule has 2 unspecified atom stereocenters. The van der Waals surface area contributed by atoms with E-state index in [1.807, 2.05) is 39.0 Å². The Morgan fingerprint density at radius 2 is 1.94 bits per heavy atom. The van der Waals surface area contributed by atoms with E-state index >= 15 is 0 Å². The van der Waals surface area contributed by atoms with Crippen molar-refractivity contribution in [3.8, 4) is 0 Å². The normalized spacial score (nSPS) is 21.7. The zero-order valence-corrected chi connectivity index (χ0v) is 10.3. The summed E-state index contributed by atoms with van der Waals surface area (Å²) in [5.41, 5.74) is 1.26. The first-order valence-corrected chi connectivity index (χ1v) is 6.04. The highest BCUT2D eigenvalue weighted by atomic mass is 16.5. The van der Waals surface area contributed by atoms with Crippen LogP contribution in [0.4, 0.5) is 0 Å². The lowest BCUT2D eigenvalue weighted by atomic mass is 10.1. The molecule has 2 heteroatoms. The molecular formula is C14H20O2. The Morgan fingerprint density at radius 1 is 1.31 bits per heavy atom. The summed E-state index contributed by atoms with van der Waals surface area (Å²) in [7, 11) is 0. The van der Waals surface area contributed by atoms with Crippen molar-refractivity contribution in [2.75, 3.05) is 6.61 Å². The number of carbonyl (C=O) groups excluding carboxylic acids is 1. The lowest BCUT2D eigenvalue weighted by molar-refractivity contribution is -0.144. The monoisotopic (exact) mass is 220 g/mol. The van der Waals surface area contributed by atoms with Gasteiger partial charge in [-0.1, -0.05) is 44.2 Å². The van der Waals surface area contributed by atoms with E-state index < -0.39 is 0 Å². The summed E-state index contributed by atoms with van der Waals surface area (Å²) < 4.78 is 4.98. The maximum Gasteiger partial charge on any atom is 0.309 e. The summed E-state index contributed by atoms with van der Waals surface area (Å²) in [6, 6.07) is 10.2. The number of carbonyl (C=O) groups is 1. The van der Waals surface area contributed by atoms with Crippen LogP contribution in [0.5, 0.6) is 0 Å². The van der Waals surface area contributed by atoms with Crippen molar-refractivity contribution in [3.63, 3.8) is 0 Å².